The summed E-state index contributed by atoms with van der Waals surface area (Å²) in [6.45, 7) is 3.30. The fourth-order valence-corrected chi connectivity index (χ4v) is 3.95. The van der Waals surface area contributed by atoms with Crippen LogP contribution in [0.5, 0.6) is 0 Å². The molecule has 2 aromatic rings. The molecule has 2 aliphatic heterocycles. The van der Waals surface area contributed by atoms with Crippen molar-refractivity contribution < 1.29 is 28.6 Å². The van der Waals surface area contributed by atoms with Crippen LogP contribution in [0.1, 0.15) is 28.9 Å². The van der Waals surface area contributed by atoms with Crippen molar-refractivity contribution in [2.45, 2.75) is 13.0 Å². The van der Waals surface area contributed by atoms with Crippen LogP contribution in [0.3, 0.4) is 0 Å². The number of morpholine rings is 1. The summed E-state index contributed by atoms with van der Waals surface area (Å²) in [6.07, 6.45) is 0. The quantitative estimate of drug-likeness (QED) is 0.763. The van der Waals surface area contributed by atoms with Crippen molar-refractivity contribution >= 4 is 23.6 Å². The summed E-state index contributed by atoms with van der Waals surface area (Å²) >= 11 is 0. The number of nitrogens with zero attached hydrogens (tertiary/aromatic N) is 2. The van der Waals surface area contributed by atoms with Gasteiger partial charge < -0.3 is 20.1 Å². The predicted molar refractivity (Wildman–Crippen MR) is 114 cm³/mol. The van der Waals surface area contributed by atoms with E-state index in [1.165, 1.54) is 47.4 Å². The van der Waals surface area contributed by atoms with Crippen molar-refractivity contribution in [3.63, 3.8) is 0 Å². The number of carboxylic acids is 1. The lowest BCUT2D eigenvalue weighted by Gasteiger charge is -2.38. The number of allylic oxidation sites excluding steroid dienone is 1. The molecule has 0 saturated carbocycles. The minimum absolute atomic E-state index is 0.0183. The Kier molecular flexibility index (Phi) is 5.91. The molecule has 9 heteroatoms. The molecular weight excluding hydrogens is 417 g/mol. The lowest BCUT2D eigenvalue weighted by atomic mass is 9.93. The van der Waals surface area contributed by atoms with Crippen LogP contribution < -0.4 is 10.2 Å². The van der Waals surface area contributed by atoms with Crippen molar-refractivity contribution in [1.82, 2.24) is 10.2 Å². The van der Waals surface area contributed by atoms with E-state index in [9.17, 15) is 23.9 Å². The highest BCUT2D eigenvalue weighted by atomic mass is 19.1. The van der Waals surface area contributed by atoms with Gasteiger partial charge in [-0.2, -0.15) is 0 Å². The van der Waals surface area contributed by atoms with E-state index in [4.69, 9.17) is 4.74 Å². The van der Waals surface area contributed by atoms with Crippen molar-refractivity contribution in [2.24, 2.45) is 0 Å². The topological polar surface area (TPSA) is 99.2 Å². The van der Waals surface area contributed by atoms with Gasteiger partial charge in [-0.1, -0.05) is 18.2 Å². The van der Waals surface area contributed by atoms with Gasteiger partial charge in [-0.05, 0) is 42.8 Å². The molecule has 2 heterocycles. The Morgan fingerprint density at radius 3 is 2.47 bits per heavy atom. The van der Waals surface area contributed by atoms with Crippen LogP contribution in [0.4, 0.5) is 14.9 Å². The normalized spacial score (nSPS) is 19.1. The van der Waals surface area contributed by atoms with Gasteiger partial charge in [0.15, 0.2) is 0 Å². The molecule has 1 fully saturated rings. The number of benzene rings is 2. The number of ether oxygens (including phenoxy) is 1. The second-order valence-electron chi connectivity index (χ2n) is 7.53. The van der Waals surface area contributed by atoms with Gasteiger partial charge in [0.1, 0.15) is 5.82 Å². The molecule has 0 bridgehead atoms. The molecule has 0 aliphatic carbocycles. The molecular formula is C23H22FN3O5. The molecule has 0 spiro atoms. The zero-order chi connectivity index (χ0) is 22.8. The molecule has 0 unspecified atom stereocenters. The zero-order valence-electron chi connectivity index (χ0n) is 17.4. The monoisotopic (exact) mass is 439 g/mol. The number of nitrogens with one attached hydrogen (secondary N) is 1. The molecule has 3 amide bonds. The molecule has 32 heavy (non-hydrogen) atoms. The van der Waals surface area contributed by atoms with Crippen LogP contribution in [0.15, 0.2) is 59.8 Å². The number of anilines is 1. The first-order chi connectivity index (χ1) is 15.4. The molecule has 8 nitrogen and oxygen atoms in total. The number of halogens is 1. The molecule has 2 aliphatic rings. The second kappa shape index (κ2) is 8.80. The van der Waals surface area contributed by atoms with Gasteiger partial charge in [0.05, 0.1) is 36.1 Å². The Bertz CT molecular complexity index is 1090. The van der Waals surface area contributed by atoms with Gasteiger partial charge in [-0.3, -0.25) is 9.69 Å². The van der Waals surface area contributed by atoms with Crippen LogP contribution in [0.2, 0.25) is 0 Å². The predicted octanol–water partition coefficient (Wildman–Crippen LogP) is 2.93. The fraction of sp³-hybridized carbons (Fsp3) is 0.261. The average molecular weight is 439 g/mol. The van der Waals surface area contributed by atoms with Crippen LogP contribution in [0, 0.1) is 5.82 Å². The molecule has 2 aromatic carbocycles. The minimum atomic E-state index is -1.13. The Hall–Kier alpha value is -3.72. The third kappa shape index (κ3) is 4.06. The van der Waals surface area contributed by atoms with Gasteiger partial charge in [0.2, 0.25) is 0 Å². The summed E-state index contributed by atoms with van der Waals surface area (Å²) in [6, 6.07) is 10.2. The van der Waals surface area contributed by atoms with Crippen LogP contribution in [-0.2, 0) is 9.53 Å². The van der Waals surface area contributed by atoms with E-state index in [0.29, 0.717) is 48.8 Å². The van der Waals surface area contributed by atoms with Crippen molar-refractivity contribution in [3.8, 4) is 0 Å². The van der Waals surface area contributed by atoms with E-state index in [-0.39, 0.29) is 11.5 Å². The van der Waals surface area contributed by atoms with E-state index < -0.39 is 23.9 Å². The highest BCUT2D eigenvalue weighted by Crippen LogP contribution is 2.35. The van der Waals surface area contributed by atoms with Gasteiger partial charge in [0.25, 0.3) is 5.91 Å². The summed E-state index contributed by atoms with van der Waals surface area (Å²) in [5.41, 5.74) is 1.62. The summed E-state index contributed by atoms with van der Waals surface area (Å²) in [4.78, 5) is 41.0. The number of urea groups is 1. The Balaban J connectivity index is 1.82. The lowest BCUT2D eigenvalue weighted by molar-refractivity contribution is -0.131. The SMILES string of the molecule is CC1=C(C(=O)N2CCOCC2)[C@H](c2ccc(F)cc2)NC(=O)N1c1cccc(C(=O)O)c1. The van der Waals surface area contributed by atoms with Gasteiger partial charge in [-0.25, -0.2) is 14.0 Å². The number of carbonyl (C=O) groups excluding carboxylic acids is 2. The Labute approximate surface area is 183 Å². The molecule has 0 radical (unpaired) electrons. The first-order valence-corrected chi connectivity index (χ1v) is 10.1. The van der Waals surface area contributed by atoms with Crippen molar-refractivity contribution in [2.75, 3.05) is 31.2 Å². The molecule has 4 rings (SSSR count). The molecule has 1 atom stereocenters. The summed E-state index contributed by atoms with van der Waals surface area (Å²) in [7, 11) is 0. The maximum Gasteiger partial charge on any atom is 0.335 e. The van der Waals surface area contributed by atoms with Crippen molar-refractivity contribution in [3.05, 3.63) is 76.7 Å². The Morgan fingerprint density at radius 2 is 1.81 bits per heavy atom. The third-order valence-corrected chi connectivity index (χ3v) is 5.57. The summed E-state index contributed by atoms with van der Waals surface area (Å²) in [5, 5.41) is 12.2. The smallest absolute Gasteiger partial charge is 0.335 e. The van der Waals surface area contributed by atoms with E-state index in [1.807, 2.05) is 0 Å². The van der Waals surface area contributed by atoms with E-state index in [2.05, 4.69) is 5.32 Å². The molecule has 0 aromatic heterocycles. The van der Waals surface area contributed by atoms with Crippen LogP contribution in [-0.4, -0.2) is 54.2 Å². The number of carboxylic acid groups (broad SMARTS) is 1. The fourth-order valence-electron chi connectivity index (χ4n) is 3.95. The largest absolute Gasteiger partial charge is 0.478 e. The lowest BCUT2D eigenvalue weighted by Crippen LogP contribution is -2.51. The minimum Gasteiger partial charge on any atom is -0.478 e. The molecule has 1 saturated heterocycles. The number of carbonyl (C=O) groups is 3. The van der Waals surface area contributed by atoms with Gasteiger partial charge in [0, 0.05) is 18.8 Å². The highest BCUT2D eigenvalue weighted by molar-refractivity contribution is 6.05. The zero-order valence-corrected chi connectivity index (χ0v) is 17.4. The number of rotatable bonds is 4. The summed E-state index contributed by atoms with van der Waals surface area (Å²) in [5.74, 6) is -1.82. The summed E-state index contributed by atoms with van der Waals surface area (Å²) < 4.78 is 18.8. The number of aromatic carboxylic acids is 1. The van der Waals surface area contributed by atoms with Crippen LogP contribution >= 0.6 is 0 Å². The number of hydrogen-bond donors (Lipinski definition) is 2. The second-order valence-corrected chi connectivity index (χ2v) is 7.53. The van der Waals surface area contributed by atoms with E-state index >= 15 is 0 Å². The van der Waals surface area contributed by atoms with E-state index in [1.54, 1.807) is 17.9 Å². The molecule has 166 valence electrons. The highest BCUT2D eigenvalue weighted by Gasteiger charge is 2.38. The average Bonchev–Trinajstić information content (AvgIpc) is 2.79. The third-order valence-electron chi connectivity index (χ3n) is 5.57. The first kappa shape index (κ1) is 21.5. The van der Waals surface area contributed by atoms with Gasteiger partial charge in [-0.15, -0.1) is 0 Å². The number of hydrogen-bond acceptors (Lipinski definition) is 4. The first-order valence-electron chi connectivity index (χ1n) is 10.1. The van der Waals surface area contributed by atoms with Crippen LogP contribution in [0.25, 0.3) is 0 Å². The van der Waals surface area contributed by atoms with Crippen molar-refractivity contribution in [1.29, 1.82) is 0 Å². The molecule has 2 N–H and O–H groups in total. The maximum atomic E-state index is 13.5. The van der Waals surface area contributed by atoms with E-state index in [0.717, 1.165) is 0 Å². The van der Waals surface area contributed by atoms with Gasteiger partial charge >= 0.3 is 12.0 Å². The maximum absolute atomic E-state index is 13.5. The standard InChI is InChI=1S/C23H22FN3O5/c1-14-19(21(28)26-9-11-32-12-10-26)20(15-5-7-17(24)8-6-15)25-23(31)27(14)18-4-2-3-16(13-18)22(29)30/h2-8,13,20H,9-12H2,1H3,(H,25,31)(H,29,30)/t20-/m0/s1. The number of amides is 3. The Morgan fingerprint density at radius 1 is 1.12 bits per heavy atom.